The van der Waals surface area contributed by atoms with Gasteiger partial charge in [-0.15, -0.1) is 11.6 Å². The lowest BCUT2D eigenvalue weighted by Gasteiger charge is -2.08. The van der Waals surface area contributed by atoms with Crippen LogP contribution in [0.1, 0.15) is 11.5 Å². The molecule has 0 bridgehead atoms. The van der Waals surface area contributed by atoms with Crippen molar-refractivity contribution in [3.05, 3.63) is 47.8 Å². The number of hydrogen-bond donors (Lipinski definition) is 0. The topological polar surface area (TPSA) is 35.6 Å². The molecule has 0 N–H and O–H groups in total. The third-order valence-corrected chi connectivity index (χ3v) is 3.66. The maximum absolute atomic E-state index is 13.4. The van der Waals surface area contributed by atoms with Crippen molar-refractivity contribution in [3.63, 3.8) is 0 Å². The number of benzene rings is 1. The Balaban J connectivity index is 1.97. The molecule has 0 saturated carbocycles. The zero-order chi connectivity index (χ0) is 14.1. The van der Waals surface area contributed by atoms with Gasteiger partial charge in [0.15, 0.2) is 0 Å². The van der Waals surface area contributed by atoms with Crippen LogP contribution in [-0.2, 0) is 25.9 Å². The van der Waals surface area contributed by atoms with E-state index in [1.165, 1.54) is 12.1 Å². The van der Waals surface area contributed by atoms with Crippen LogP contribution in [0.2, 0.25) is 0 Å². The van der Waals surface area contributed by atoms with E-state index in [0.29, 0.717) is 12.4 Å². The summed E-state index contributed by atoms with van der Waals surface area (Å²) in [6.45, 7) is 0.696. The number of hydrogen-bond acceptors (Lipinski definition) is 2. The zero-order valence-corrected chi connectivity index (χ0v) is 11.8. The lowest BCUT2D eigenvalue weighted by molar-refractivity contribution is 0.621. The van der Waals surface area contributed by atoms with Gasteiger partial charge in [0.2, 0.25) is 0 Å². The number of aromatic nitrogens is 4. The minimum absolute atomic E-state index is 0.264. The minimum atomic E-state index is -0.264. The lowest BCUT2D eigenvalue weighted by Crippen LogP contribution is -2.08. The van der Waals surface area contributed by atoms with Gasteiger partial charge in [-0.25, -0.2) is 9.37 Å². The molecule has 2 aromatic heterocycles. The van der Waals surface area contributed by atoms with E-state index in [0.717, 1.165) is 29.0 Å². The van der Waals surface area contributed by atoms with E-state index < -0.39 is 0 Å². The molecule has 4 nitrogen and oxygen atoms in total. The molecule has 0 aliphatic rings. The number of rotatable bonds is 4. The highest BCUT2D eigenvalue weighted by Gasteiger charge is 2.11. The molecule has 0 unspecified atom stereocenters. The van der Waals surface area contributed by atoms with E-state index >= 15 is 0 Å². The largest absolute Gasteiger partial charge is 0.326 e. The zero-order valence-electron chi connectivity index (χ0n) is 11.1. The van der Waals surface area contributed by atoms with E-state index in [9.17, 15) is 4.39 Å². The van der Waals surface area contributed by atoms with Gasteiger partial charge in [0.05, 0.1) is 16.9 Å². The summed E-state index contributed by atoms with van der Waals surface area (Å²) in [5.41, 5.74) is 2.67. The third kappa shape index (κ3) is 2.29. The Bertz CT molecular complexity index is 747. The van der Waals surface area contributed by atoms with Gasteiger partial charge in [-0.1, -0.05) is 0 Å². The van der Waals surface area contributed by atoms with Gasteiger partial charge in [0.25, 0.3) is 0 Å². The van der Waals surface area contributed by atoms with E-state index in [1.54, 1.807) is 12.3 Å². The molecule has 0 aliphatic carbocycles. The highest BCUT2D eigenvalue weighted by atomic mass is 35.5. The molecule has 0 spiro atoms. The predicted octanol–water partition coefficient (Wildman–Crippen LogP) is 2.89. The van der Waals surface area contributed by atoms with Crippen LogP contribution in [0.3, 0.4) is 0 Å². The van der Waals surface area contributed by atoms with Gasteiger partial charge in [0.1, 0.15) is 11.6 Å². The smallest absolute Gasteiger partial charge is 0.125 e. The Morgan fingerprint density at radius 1 is 1.30 bits per heavy atom. The van der Waals surface area contributed by atoms with Gasteiger partial charge in [-0.3, -0.25) is 4.68 Å². The van der Waals surface area contributed by atoms with Crippen molar-refractivity contribution in [3.8, 4) is 0 Å². The third-order valence-electron chi connectivity index (χ3n) is 3.42. The average Bonchev–Trinajstić information content (AvgIpc) is 2.99. The molecular weight excluding hydrogens is 279 g/mol. The normalized spacial score (nSPS) is 11.3. The van der Waals surface area contributed by atoms with Crippen LogP contribution in [-0.4, -0.2) is 19.3 Å². The van der Waals surface area contributed by atoms with Crippen LogP contribution in [0.25, 0.3) is 11.0 Å². The van der Waals surface area contributed by atoms with E-state index in [1.807, 2.05) is 22.4 Å². The number of imidazole rings is 1. The van der Waals surface area contributed by atoms with Crippen molar-refractivity contribution >= 4 is 22.6 Å². The van der Waals surface area contributed by atoms with Crippen LogP contribution in [0, 0.1) is 5.82 Å². The van der Waals surface area contributed by atoms with Gasteiger partial charge >= 0.3 is 0 Å². The molecule has 104 valence electrons. The fraction of sp³-hybridized carbons (Fsp3) is 0.286. The summed E-state index contributed by atoms with van der Waals surface area (Å²) < 4.78 is 17.2. The maximum atomic E-state index is 13.4. The van der Waals surface area contributed by atoms with Crippen molar-refractivity contribution in [2.24, 2.45) is 7.05 Å². The second kappa shape index (κ2) is 5.25. The molecule has 0 amide bonds. The molecule has 2 heterocycles. The van der Waals surface area contributed by atoms with E-state index in [2.05, 4.69) is 10.1 Å². The Kier molecular flexibility index (Phi) is 3.44. The summed E-state index contributed by atoms with van der Waals surface area (Å²) in [6.07, 6.45) is 2.56. The summed E-state index contributed by atoms with van der Waals surface area (Å²) >= 11 is 5.94. The van der Waals surface area contributed by atoms with Gasteiger partial charge < -0.3 is 4.57 Å². The Labute approximate surface area is 120 Å². The van der Waals surface area contributed by atoms with Crippen molar-refractivity contribution in [2.75, 3.05) is 0 Å². The second-order valence-electron chi connectivity index (χ2n) is 4.64. The van der Waals surface area contributed by atoms with Crippen LogP contribution in [0.15, 0.2) is 30.5 Å². The molecule has 3 rings (SSSR count). The molecular formula is C14H14ClFN4. The van der Waals surface area contributed by atoms with Crippen molar-refractivity contribution < 1.29 is 4.39 Å². The number of halogens is 2. The summed E-state index contributed by atoms with van der Waals surface area (Å²) in [4.78, 5) is 4.44. The Hall–Kier alpha value is -1.88. The molecule has 0 saturated heterocycles. The molecule has 0 radical (unpaired) electrons. The van der Waals surface area contributed by atoms with Gasteiger partial charge in [-0.05, 0) is 24.3 Å². The van der Waals surface area contributed by atoms with E-state index in [-0.39, 0.29) is 5.82 Å². The first-order valence-electron chi connectivity index (χ1n) is 6.36. The molecule has 6 heteroatoms. The summed E-state index contributed by atoms with van der Waals surface area (Å²) in [7, 11) is 1.91. The number of fused-ring (bicyclic) bond motifs is 1. The summed E-state index contributed by atoms with van der Waals surface area (Å²) in [5, 5.41) is 4.14. The Morgan fingerprint density at radius 3 is 2.85 bits per heavy atom. The average molecular weight is 293 g/mol. The standard InChI is InChI=1S/C14H14ClFN4/c1-19-11(4-6-17-19)5-7-20-13-8-10(16)2-3-12(13)18-14(20)9-15/h2-4,6,8H,5,7,9H2,1H3. The second-order valence-corrected chi connectivity index (χ2v) is 4.91. The first kappa shape index (κ1) is 13.1. The molecule has 3 aromatic rings. The molecule has 0 aliphatic heterocycles. The monoisotopic (exact) mass is 292 g/mol. The van der Waals surface area contributed by atoms with E-state index in [4.69, 9.17) is 11.6 Å². The number of nitrogens with zero attached hydrogens (tertiary/aromatic N) is 4. The SMILES string of the molecule is Cn1nccc1CCn1c(CCl)nc2ccc(F)cc21. The summed E-state index contributed by atoms with van der Waals surface area (Å²) in [5.74, 6) is 0.802. The van der Waals surface area contributed by atoms with Crippen molar-refractivity contribution in [1.29, 1.82) is 0 Å². The van der Waals surface area contributed by atoms with Crippen LogP contribution in [0.5, 0.6) is 0 Å². The minimum Gasteiger partial charge on any atom is -0.326 e. The predicted molar refractivity (Wildman–Crippen MR) is 76.2 cm³/mol. The number of alkyl halides is 1. The maximum Gasteiger partial charge on any atom is 0.125 e. The molecule has 0 fully saturated rings. The van der Waals surface area contributed by atoms with Crippen molar-refractivity contribution in [2.45, 2.75) is 18.8 Å². The fourth-order valence-electron chi connectivity index (χ4n) is 2.37. The van der Waals surface area contributed by atoms with Crippen molar-refractivity contribution in [1.82, 2.24) is 19.3 Å². The lowest BCUT2D eigenvalue weighted by atomic mass is 10.2. The molecule has 1 aromatic carbocycles. The van der Waals surface area contributed by atoms with Gasteiger partial charge in [-0.2, -0.15) is 5.10 Å². The first-order valence-corrected chi connectivity index (χ1v) is 6.90. The highest BCUT2D eigenvalue weighted by molar-refractivity contribution is 6.16. The van der Waals surface area contributed by atoms with Crippen LogP contribution < -0.4 is 0 Å². The summed E-state index contributed by atoms with van der Waals surface area (Å²) in [6, 6.07) is 6.57. The van der Waals surface area contributed by atoms with Gasteiger partial charge in [0, 0.05) is 31.9 Å². The molecule has 0 atom stereocenters. The fourth-order valence-corrected chi connectivity index (χ4v) is 2.57. The highest BCUT2D eigenvalue weighted by Crippen LogP contribution is 2.19. The Morgan fingerprint density at radius 2 is 2.15 bits per heavy atom. The first-order chi connectivity index (χ1) is 9.69. The molecule has 20 heavy (non-hydrogen) atoms. The van der Waals surface area contributed by atoms with Crippen LogP contribution >= 0.6 is 11.6 Å². The number of aryl methyl sites for hydroxylation is 3. The quantitative estimate of drug-likeness (QED) is 0.693. The van der Waals surface area contributed by atoms with Crippen LogP contribution in [0.4, 0.5) is 4.39 Å².